The molecule has 0 spiro atoms. The van der Waals surface area contributed by atoms with Crippen molar-refractivity contribution in [3.8, 4) is 16.9 Å². The highest BCUT2D eigenvalue weighted by Gasteiger charge is 2.28. The van der Waals surface area contributed by atoms with E-state index in [1.807, 2.05) is 64.2 Å². The van der Waals surface area contributed by atoms with Crippen molar-refractivity contribution >= 4 is 46.2 Å². The number of aromatic nitrogens is 6. The number of aromatic hydroxyl groups is 1. The summed E-state index contributed by atoms with van der Waals surface area (Å²) in [7, 11) is 0. The normalized spacial score (nSPS) is 19.1. The molecule has 6 heterocycles. The van der Waals surface area contributed by atoms with Crippen LogP contribution in [0.25, 0.3) is 27.7 Å². The lowest BCUT2D eigenvalue weighted by molar-refractivity contribution is -0.120. The number of piperazine rings is 1. The third kappa shape index (κ3) is 7.62. The van der Waals surface area contributed by atoms with Gasteiger partial charge in [0.05, 0.1) is 23.3 Å². The minimum absolute atomic E-state index is 0.112. The predicted octanol–water partition coefficient (Wildman–Crippen LogP) is 5.19. The van der Waals surface area contributed by atoms with Crippen molar-refractivity contribution < 1.29 is 32.7 Å². The van der Waals surface area contributed by atoms with Gasteiger partial charge in [0.15, 0.2) is 17.4 Å². The Balaban J connectivity index is 0.761. The number of hydrogen-bond donors (Lipinski definition) is 3. The summed E-state index contributed by atoms with van der Waals surface area (Å²) in [6.07, 6.45) is 12.7. The van der Waals surface area contributed by atoms with E-state index in [2.05, 4.69) is 25.4 Å². The molecule has 2 saturated heterocycles. The Morgan fingerprint density at radius 3 is 2.42 bits per heavy atom. The Labute approximate surface area is 335 Å². The molecule has 4 amide bonds. The summed E-state index contributed by atoms with van der Waals surface area (Å²) in [6, 6.07) is 10.4. The Bertz CT molecular complexity index is 2580. The third-order valence-corrected chi connectivity index (χ3v) is 11.6. The number of rotatable bonds is 9. The molecule has 15 nitrogen and oxygen atoms in total. The zero-order valence-corrected chi connectivity index (χ0v) is 31.8. The second-order valence-electron chi connectivity index (χ2n) is 15.3. The molecule has 59 heavy (non-hydrogen) atoms. The Morgan fingerprint density at radius 1 is 0.881 bits per heavy atom. The number of benzene rings is 2. The molecule has 1 aliphatic carbocycles. The maximum absolute atomic E-state index is 14.1. The first kappa shape index (κ1) is 38.0. The Morgan fingerprint density at radius 2 is 1.66 bits per heavy atom. The van der Waals surface area contributed by atoms with Crippen molar-refractivity contribution in [1.82, 2.24) is 44.7 Å². The monoisotopic (exact) mass is 807 g/mol. The molecule has 3 aliphatic rings. The van der Waals surface area contributed by atoms with Gasteiger partial charge >= 0.3 is 6.03 Å². The van der Waals surface area contributed by atoms with E-state index < -0.39 is 40.7 Å². The Kier molecular flexibility index (Phi) is 10.1. The van der Waals surface area contributed by atoms with Crippen LogP contribution in [-0.2, 0) is 11.3 Å². The van der Waals surface area contributed by atoms with Gasteiger partial charge in [-0.15, -0.1) is 0 Å². The number of imidazole rings is 1. The fourth-order valence-electron chi connectivity index (χ4n) is 8.19. The van der Waals surface area contributed by atoms with E-state index in [-0.39, 0.29) is 30.8 Å². The molecule has 2 aliphatic heterocycles. The first-order valence-corrected chi connectivity index (χ1v) is 19.6. The number of hydrogen-bond acceptors (Lipinski definition) is 10. The first-order chi connectivity index (χ1) is 28.6. The fourth-order valence-corrected chi connectivity index (χ4v) is 8.19. The van der Waals surface area contributed by atoms with E-state index in [4.69, 9.17) is 15.1 Å². The van der Waals surface area contributed by atoms with Crippen molar-refractivity contribution in [3.05, 3.63) is 96.0 Å². The average molecular weight is 808 g/mol. The minimum atomic E-state index is -1.79. The van der Waals surface area contributed by atoms with Gasteiger partial charge in [-0.05, 0) is 67.0 Å². The van der Waals surface area contributed by atoms with Crippen LogP contribution in [0.1, 0.15) is 54.1 Å². The zero-order valence-electron chi connectivity index (χ0n) is 31.8. The van der Waals surface area contributed by atoms with Crippen molar-refractivity contribution in [2.24, 2.45) is 5.92 Å². The number of halogens is 3. The summed E-state index contributed by atoms with van der Waals surface area (Å²) in [6.45, 7) is 4.53. The lowest BCUT2D eigenvalue weighted by atomic mass is 9.86. The highest BCUT2D eigenvalue weighted by atomic mass is 19.2. The largest absolute Gasteiger partial charge is 0.503 e. The summed E-state index contributed by atoms with van der Waals surface area (Å²) in [5.41, 5.74) is 3.76. The Hall–Kier alpha value is -6.56. The van der Waals surface area contributed by atoms with Gasteiger partial charge in [0, 0.05) is 88.0 Å². The van der Waals surface area contributed by atoms with Crippen molar-refractivity contribution in [2.45, 2.75) is 44.7 Å². The molecule has 3 N–H and O–H groups in total. The molecule has 0 atom stereocenters. The molecule has 2 aromatic carbocycles. The van der Waals surface area contributed by atoms with Crippen molar-refractivity contribution in [1.29, 1.82) is 0 Å². The molecular formula is C41H40F3N11O4. The number of anilines is 2. The number of fused-ring (bicyclic) bond motifs is 2. The van der Waals surface area contributed by atoms with Gasteiger partial charge in [0.1, 0.15) is 11.5 Å². The highest BCUT2D eigenvalue weighted by Crippen LogP contribution is 2.34. The van der Waals surface area contributed by atoms with Crippen LogP contribution in [0, 0.1) is 23.4 Å². The number of amides is 4. The number of imide groups is 1. The average Bonchev–Trinajstić information content (AvgIpc) is 3.88. The van der Waals surface area contributed by atoms with E-state index in [0.29, 0.717) is 24.4 Å². The number of phenolic OH excluding ortho intramolecular Hbond substituents is 1. The molecule has 4 aromatic heterocycles. The number of nitrogens with one attached hydrogen (secondary N) is 2. The molecular weight excluding hydrogens is 768 g/mol. The standard InChI is InChI=1S/C41H40F3N11O4/c42-31-17-30(36(43)37(44)38(31)57)39(58)46-18-24-1-5-29(6-2-24)55-23-27-4-3-26(16-32(27)50-55)28-19-47-40(48-20-28)52-13-11-51(12-14-52)22-25-7-9-53-33(15-25)45-21-35(53)54-10-8-34(56)49-41(54)59/h3-4,7,9,15-17,19-21,23-24,29,57H,1-2,5-6,8,10-14,18,22H2,(H,46,58)(H,49,56,59). The molecule has 304 valence electrons. The summed E-state index contributed by atoms with van der Waals surface area (Å²) in [4.78, 5) is 56.4. The van der Waals surface area contributed by atoms with E-state index in [1.54, 1.807) is 6.20 Å². The van der Waals surface area contributed by atoms with Crippen molar-refractivity contribution in [3.63, 3.8) is 0 Å². The number of carbonyl (C=O) groups excluding carboxylic acids is 3. The second kappa shape index (κ2) is 15.7. The number of pyridine rings is 1. The minimum Gasteiger partial charge on any atom is -0.503 e. The van der Waals surface area contributed by atoms with E-state index in [9.17, 15) is 32.7 Å². The number of phenols is 1. The fraction of sp³-hybridized carbons (Fsp3) is 0.341. The number of carbonyl (C=O) groups is 3. The van der Waals surface area contributed by atoms with Crippen LogP contribution in [0.5, 0.6) is 5.75 Å². The smallest absolute Gasteiger partial charge is 0.329 e. The van der Waals surface area contributed by atoms with Crippen LogP contribution in [0.2, 0.25) is 0 Å². The topological polar surface area (TPSA) is 166 Å². The van der Waals surface area contributed by atoms with Crippen LogP contribution >= 0.6 is 0 Å². The summed E-state index contributed by atoms with van der Waals surface area (Å²) >= 11 is 0. The van der Waals surface area contributed by atoms with Gasteiger partial charge in [-0.2, -0.15) is 9.49 Å². The summed E-state index contributed by atoms with van der Waals surface area (Å²) in [5, 5.41) is 20.1. The van der Waals surface area contributed by atoms with Crippen LogP contribution < -0.4 is 20.4 Å². The van der Waals surface area contributed by atoms with Crippen molar-refractivity contribution in [2.75, 3.05) is 49.1 Å². The predicted molar refractivity (Wildman–Crippen MR) is 210 cm³/mol. The van der Waals surface area contributed by atoms with Gasteiger partial charge in [0.2, 0.25) is 17.7 Å². The molecule has 0 radical (unpaired) electrons. The highest BCUT2D eigenvalue weighted by molar-refractivity contribution is 6.05. The zero-order chi connectivity index (χ0) is 40.8. The van der Waals surface area contributed by atoms with Gasteiger partial charge in [-0.3, -0.25) is 33.8 Å². The number of nitrogens with zero attached hydrogens (tertiary/aromatic N) is 9. The molecule has 0 bridgehead atoms. The second-order valence-corrected chi connectivity index (χ2v) is 15.3. The van der Waals surface area contributed by atoms with Crippen LogP contribution in [-0.4, -0.2) is 96.3 Å². The van der Waals surface area contributed by atoms with E-state index >= 15 is 0 Å². The summed E-state index contributed by atoms with van der Waals surface area (Å²) in [5.74, 6) is -6.01. The van der Waals surface area contributed by atoms with Crippen LogP contribution in [0.3, 0.4) is 0 Å². The summed E-state index contributed by atoms with van der Waals surface area (Å²) < 4.78 is 45.4. The lowest BCUT2D eigenvalue weighted by Crippen LogP contribution is -2.50. The maximum Gasteiger partial charge on any atom is 0.329 e. The lowest BCUT2D eigenvalue weighted by Gasteiger charge is -2.34. The van der Waals surface area contributed by atoms with Gasteiger partial charge in [-0.25, -0.2) is 28.5 Å². The molecule has 6 aromatic rings. The quantitative estimate of drug-likeness (QED) is 0.166. The van der Waals surface area contributed by atoms with Crippen LogP contribution in [0.4, 0.5) is 29.7 Å². The van der Waals surface area contributed by atoms with Gasteiger partial charge in [0.25, 0.3) is 5.91 Å². The first-order valence-electron chi connectivity index (χ1n) is 19.6. The third-order valence-electron chi connectivity index (χ3n) is 11.6. The molecule has 3 fully saturated rings. The molecule has 0 unspecified atom stereocenters. The molecule has 18 heteroatoms. The number of urea groups is 1. The molecule has 1 saturated carbocycles. The van der Waals surface area contributed by atoms with E-state index in [1.165, 1.54) is 4.90 Å². The van der Waals surface area contributed by atoms with Gasteiger partial charge < -0.3 is 15.3 Å². The maximum atomic E-state index is 14.1. The van der Waals surface area contributed by atoms with Gasteiger partial charge in [-0.1, -0.05) is 12.1 Å². The SMILES string of the molecule is O=C1CCN(c2cnc3cc(CN4CCN(c5ncc(-c6ccc7cn(C8CCC(CNC(=O)c9cc(F)c(O)c(F)c9F)CC8)nc7c6)cn5)CC4)ccn23)C(=O)N1. The van der Waals surface area contributed by atoms with E-state index in [0.717, 1.165) is 91.6 Å². The molecule has 9 rings (SSSR count). The van der Waals surface area contributed by atoms with Crippen LogP contribution in [0.15, 0.2) is 67.4 Å².